The van der Waals surface area contributed by atoms with Crippen LogP contribution in [-0.2, 0) is 6.54 Å². The fourth-order valence-electron chi connectivity index (χ4n) is 2.14. The zero-order valence-corrected chi connectivity index (χ0v) is 11.0. The minimum absolute atomic E-state index is 0.0640. The molecule has 94 valence electrons. The average molecular weight is 263 g/mol. The average Bonchev–Trinajstić information content (AvgIpc) is 3.10. The third kappa shape index (κ3) is 2.10. The summed E-state index contributed by atoms with van der Waals surface area (Å²) in [6.45, 7) is 2.54. The molecule has 1 aliphatic rings. The van der Waals surface area contributed by atoms with Gasteiger partial charge < -0.3 is 0 Å². The Kier molecular flexibility index (Phi) is 2.78. The maximum atomic E-state index is 12.1. The first kappa shape index (κ1) is 11.6. The quantitative estimate of drug-likeness (QED) is 0.835. The van der Waals surface area contributed by atoms with Crippen LogP contribution < -0.4 is 5.69 Å². The smallest absolute Gasteiger partial charge is 0.296 e. The van der Waals surface area contributed by atoms with Gasteiger partial charge in [-0.3, -0.25) is 9.13 Å². The predicted molar refractivity (Wildman–Crippen MR) is 72.3 cm³/mol. The van der Waals surface area contributed by atoms with E-state index in [0.29, 0.717) is 12.6 Å². The van der Waals surface area contributed by atoms with Gasteiger partial charge in [0.05, 0.1) is 6.54 Å². The van der Waals surface area contributed by atoms with Crippen molar-refractivity contribution in [3.8, 4) is 0 Å². The second kappa shape index (κ2) is 4.32. The Labute approximate surface area is 111 Å². The number of imidazole rings is 1. The van der Waals surface area contributed by atoms with Gasteiger partial charge in [0.1, 0.15) is 0 Å². The maximum Gasteiger partial charge on any atom is 0.328 e. The fraction of sp³-hybridized carbons (Fsp3) is 0.357. The van der Waals surface area contributed by atoms with E-state index in [2.05, 4.69) is 0 Å². The zero-order chi connectivity index (χ0) is 12.7. The Hall–Kier alpha value is -1.48. The molecule has 18 heavy (non-hydrogen) atoms. The van der Waals surface area contributed by atoms with E-state index in [4.69, 9.17) is 11.6 Å². The van der Waals surface area contributed by atoms with Crippen molar-refractivity contribution in [2.75, 3.05) is 0 Å². The largest absolute Gasteiger partial charge is 0.328 e. The molecule has 1 heterocycles. The van der Waals surface area contributed by atoms with E-state index in [-0.39, 0.29) is 5.69 Å². The lowest BCUT2D eigenvalue weighted by Gasteiger charge is -2.05. The Morgan fingerprint density at radius 2 is 2.11 bits per heavy atom. The lowest BCUT2D eigenvalue weighted by atomic mass is 10.1. The Balaban J connectivity index is 1.90. The van der Waals surface area contributed by atoms with Crippen LogP contribution in [-0.4, -0.2) is 9.13 Å². The Bertz CT molecular complexity index is 637. The highest BCUT2D eigenvalue weighted by Gasteiger charge is 2.25. The third-order valence-corrected chi connectivity index (χ3v) is 3.72. The minimum Gasteiger partial charge on any atom is -0.296 e. The number of rotatable bonds is 3. The van der Waals surface area contributed by atoms with Crippen molar-refractivity contribution in [2.24, 2.45) is 0 Å². The first-order chi connectivity index (χ1) is 8.65. The first-order valence-electron chi connectivity index (χ1n) is 6.17. The summed E-state index contributed by atoms with van der Waals surface area (Å²) < 4.78 is 3.54. The van der Waals surface area contributed by atoms with E-state index in [0.717, 1.165) is 29.0 Å². The number of aromatic nitrogens is 2. The molecular weight excluding hydrogens is 248 g/mol. The molecule has 0 bridgehead atoms. The summed E-state index contributed by atoms with van der Waals surface area (Å²) in [4.78, 5) is 12.1. The summed E-state index contributed by atoms with van der Waals surface area (Å²) in [5, 5.41) is 0.723. The highest BCUT2D eigenvalue weighted by molar-refractivity contribution is 6.31. The van der Waals surface area contributed by atoms with Gasteiger partial charge in [0.15, 0.2) is 0 Å². The highest BCUT2D eigenvalue weighted by atomic mass is 35.5. The molecule has 0 aliphatic heterocycles. The van der Waals surface area contributed by atoms with Crippen molar-refractivity contribution in [2.45, 2.75) is 32.4 Å². The monoisotopic (exact) mass is 262 g/mol. The number of halogens is 1. The van der Waals surface area contributed by atoms with Crippen molar-refractivity contribution >= 4 is 11.6 Å². The predicted octanol–water partition coefficient (Wildman–Crippen LogP) is 2.99. The van der Waals surface area contributed by atoms with Crippen LogP contribution in [0.1, 0.15) is 30.0 Å². The maximum absolute atomic E-state index is 12.1. The van der Waals surface area contributed by atoms with Gasteiger partial charge in [-0.2, -0.15) is 0 Å². The number of hydrogen-bond acceptors (Lipinski definition) is 1. The van der Waals surface area contributed by atoms with Crippen LogP contribution in [0.3, 0.4) is 0 Å². The lowest BCUT2D eigenvalue weighted by molar-refractivity contribution is 0.656. The van der Waals surface area contributed by atoms with Gasteiger partial charge in [0, 0.05) is 23.5 Å². The van der Waals surface area contributed by atoms with Gasteiger partial charge in [-0.1, -0.05) is 23.7 Å². The molecule has 3 nitrogen and oxygen atoms in total. The Morgan fingerprint density at radius 1 is 1.33 bits per heavy atom. The van der Waals surface area contributed by atoms with Crippen LogP contribution in [0.15, 0.2) is 35.4 Å². The molecule has 2 aromatic rings. The molecule has 3 rings (SSSR count). The molecule has 0 unspecified atom stereocenters. The molecule has 1 aliphatic carbocycles. The van der Waals surface area contributed by atoms with Gasteiger partial charge in [-0.05, 0) is 37.0 Å². The molecule has 1 saturated carbocycles. The fourth-order valence-corrected chi connectivity index (χ4v) is 2.44. The molecule has 1 fully saturated rings. The van der Waals surface area contributed by atoms with E-state index in [9.17, 15) is 4.79 Å². The summed E-state index contributed by atoms with van der Waals surface area (Å²) in [5.41, 5.74) is 2.18. The van der Waals surface area contributed by atoms with Crippen LogP contribution in [0.4, 0.5) is 0 Å². The molecule has 4 heteroatoms. The van der Waals surface area contributed by atoms with Gasteiger partial charge >= 0.3 is 5.69 Å². The molecule has 1 aromatic heterocycles. The van der Waals surface area contributed by atoms with E-state index >= 15 is 0 Å². The summed E-state index contributed by atoms with van der Waals surface area (Å²) in [7, 11) is 0. The van der Waals surface area contributed by atoms with Gasteiger partial charge in [0.2, 0.25) is 0 Å². The third-order valence-electron chi connectivity index (χ3n) is 3.36. The highest BCUT2D eigenvalue weighted by Crippen LogP contribution is 2.33. The van der Waals surface area contributed by atoms with Crippen LogP contribution in [0.5, 0.6) is 0 Å². The second-order valence-corrected chi connectivity index (χ2v) is 5.35. The SMILES string of the molecule is Cc1ccc(Cn2ccn(C3CC3)c2=O)c(Cl)c1. The summed E-state index contributed by atoms with van der Waals surface area (Å²) in [5.74, 6) is 0. The van der Waals surface area contributed by atoms with Crippen LogP contribution in [0.25, 0.3) is 0 Å². The van der Waals surface area contributed by atoms with Crippen molar-refractivity contribution in [1.29, 1.82) is 0 Å². The topological polar surface area (TPSA) is 26.9 Å². The summed E-state index contributed by atoms with van der Waals surface area (Å²) in [6, 6.07) is 6.36. The normalized spacial score (nSPS) is 15.0. The molecule has 0 N–H and O–H groups in total. The Morgan fingerprint density at radius 3 is 2.78 bits per heavy atom. The molecule has 0 amide bonds. The summed E-state index contributed by atoms with van der Waals surface area (Å²) >= 11 is 6.19. The van der Waals surface area contributed by atoms with Gasteiger partial charge in [0.25, 0.3) is 0 Å². The second-order valence-electron chi connectivity index (χ2n) is 4.94. The van der Waals surface area contributed by atoms with Crippen molar-refractivity contribution in [1.82, 2.24) is 9.13 Å². The standard InChI is InChI=1S/C14H15ClN2O/c1-10-2-3-11(13(15)8-10)9-16-6-7-17(14(16)18)12-4-5-12/h2-3,6-8,12H,4-5,9H2,1H3. The lowest BCUT2D eigenvalue weighted by Crippen LogP contribution is -2.23. The van der Waals surface area contributed by atoms with E-state index < -0.39 is 0 Å². The number of nitrogens with zero attached hydrogens (tertiary/aromatic N) is 2. The molecule has 0 spiro atoms. The van der Waals surface area contributed by atoms with Crippen LogP contribution in [0.2, 0.25) is 5.02 Å². The molecule has 0 saturated heterocycles. The van der Waals surface area contributed by atoms with E-state index in [1.54, 1.807) is 4.57 Å². The molecule has 0 atom stereocenters. The number of hydrogen-bond donors (Lipinski definition) is 0. The van der Waals surface area contributed by atoms with E-state index in [1.165, 1.54) is 0 Å². The van der Waals surface area contributed by atoms with Crippen molar-refractivity contribution in [3.63, 3.8) is 0 Å². The minimum atomic E-state index is 0.0640. The number of aryl methyl sites for hydroxylation is 1. The van der Waals surface area contributed by atoms with Gasteiger partial charge in [-0.25, -0.2) is 4.79 Å². The van der Waals surface area contributed by atoms with Gasteiger partial charge in [-0.15, -0.1) is 0 Å². The zero-order valence-electron chi connectivity index (χ0n) is 10.3. The van der Waals surface area contributed by atoms with Crippen LogP contribution >= 0.6 is 11.6 Å². The molecular formula is C14H15ClN2O. The van der Waals surface area contributed by atoms with Crippen molar-refractivity contribution < 1.29 is 0 Å². The van der Waals surface area contributed by atoms with Crippen LogP contribution in [0, 0.1) is 6.92 Å². The first-order valence-corrected chi connectivity index (χ1v) is 6.55. The van der Waals surface area contributed by atoms with Crippen molar-refractivity contribution in [3.05, 3.63) is 57.2 Å². The summed E-state index contributed by atoms with van der Waals surface area (Å²) in [6.07, 6.45) is 5.96. The van der Waals surface area contributed by atoms with E-state index in [1.807, 2.05) is 42.1 Å². The number of benzene rings is 1. The molecule has 0 radical (unpaired) electrons. The molecule has 1 aromatic carbocycles.